The molecule has 2 N–H and O–H groups in total. The van der Waals surface area contributed by atoms with Gasteiger partial charge in [0.2, 0.25) is 0 Å². The smallest absolute Gasteiger partial charge is 0.342 e. The van der Waals surface area contributed by atoms with Gasteiger partial charge in [-0.3, -0.25) is 4.79 Å². The minimum atomic E-state index is -1.25. The summed E-state index contributed by atoms with van der Waals surface area (Å²) in [4.78, 5) is 28.2. The van der Waals surface area contributed by atoms with E-state index in [4.69, 9.17) is 5.11 Å². The molecule has 1 aromatic heterocycles. The lowest BCUT2D eigenvalue weighted by atomic mass is 10.1. The number of H-pyrrole nitrogens is 1. The van der Waals surface area contributed by atoms with E-state index < -0.39 is 11.5 Å². The Morgan fingerprint density at radius 3 is 2.80 bits per heavy atom. The second-order valence-corrected chi connectivity index (χ2v) is 3.60. The van der Waals surface area contributed by atoms with Crippen molar-refractivity contribution in [2.75, 3.05) is 0 Å². The molecular weight excluding hydrogens is 196 g/mol. The molecule has 5 heteroatoms. The molecule has 15 heavy (non-hydrogen) atoms. The first kappa shape index (κ1) is 11.4. The summed E-state index contributed by atoms with van der Waals surface area (Å²) < 4.78 is 0. The molecule has 1 heterocycles. The number of aromatic amines is 1. The second kappa shape index (κ2) is 4.72. The maximum absolute atomic E-state index is 11.3. The highest BCUT2D eigenvalue weighted by Gasteiger charge is 2.10. The van der Waals surface area contributed by atoms with Gasteiger partial charge in [-0.05, 0) is 5.92 Å². The summed E-state index contributed by atoms with van der Waals surface area (Å²) in [6.45, 7) is 4.10. The molecule has 0 amide bonds. The molecule has 0 aliphatic rings. The third-order valence-corrected chi connectivity index (χ3v) is 2.32. The Kier molecular flexibility index (Phi) is 3.60. The number of carbonyl (C=O) groups is 1. The van der Waals surface area contributed by atoms with Gasteiger partial charge in [-0.1, -0.05) is 20.3 Å². The first-order valence-electron chi connectivity index (χ1n) is 4.86. The zero-order chi connectivity index (χ0) is 11.4. The van der Waals surface area contributed by atoms with Gasteiger partial charge in [-0.2, -0.15) is 0 Å². The van der Waals surface area contributed by atoms with E-state index in [0.717, 1.165) is 12.6 Å². The van der Waals surface area contributed by atoms with E-state index in [0.29, 0.717) is 18.2 Å². The lowest BCUT2D eigenvalue weighted by Crippen LogP contribution is -2.20. The molecule has 0 aliphatic carbocycles. The Labute approximate surface area is 87.2 Å². The molecule has 0 aromatic carbocycles. The summed E-state index contributed by atoms with van der Waals surface area (Å²) in [7, 11) is 0. The number of hydrogen-bond donors (Lipinski definition) is 2. The average molecular weight is 210 g/mol. The summed E-state index contributed by atoms with van der Waals surface area (Å²) in [5.41, 5.74) is -0.904. The predicted octanol–water partition coefficient (Wildman–Crippen LogP) is 1.06. The largest absolute Gasteiger partial charge is 0.477 e. The van der Waals surface area contributed by atoms with Crippen LogP contribution in [0.4, 0.5) is 0 Å². The molecule has 1 rings (SSSR count). The molecule has 0 saturated carbocycles. The molecule has 1 unspecified atom stereocenters. The zero-order valence-corrected chi connectivity index (χ0v) is 8.78. The van der Waals surface area contributed by atoms with Crippen molar-refractivity contribution in [3.05, 3.63) is 27.9 Å². The maximum atomic E-state index is 11.3. The number of aromatic nitrogens is 2. The molecule has 0 saturated heterocycles. The molecular formula is C10H14N2O3. The topological polar surface area (TPSA) is 83.0 Å². The molecule has 0 spiro atoms. The van der Waals surface area contributed by atoms with Crippen LogP contribution in [-0.2, 0) is 6.42 Å². The quantitative estimate of drug-likeness (QED) is 0.778. The highest BCUT2D eigenvalue weighted by atomic mass is 16.4. The first-order chi connectivity index (χ1) is 7.04. The Balaban J connectivity index is 2.92. The number of aromatic carboxylic acids is 1. The number of carboxylic acids is 1. The summed E-state index contributed by atoms with van der Waals surface area (Å²) in [6.07, 6.45) is 2.76. The highest BCUT2D eigenvalue weighted by molar-refractivity contribution is 5.86. The molecule has 0 radical (unpaired) electrons. The van der Waals surface area contributed by atoms with Crippen LogP contribution in [0.5, 0.6) is 0 Å². The van der Waals surface area contributed by atoms with E-state index in [2.05, 4.69) is 9.97 Å². The standard InChI is InChI=1S/C10H14N2O3/c1-3-6(2)4-8-11-5-7(10(14)15)9(13)12-8/h5-6H,3-4H2,1-2H3,(H,14,15)(H,11,12,13). The van der Waals surface area contributed by atoms with Gasteiger partial charge < -0.3 is 10.1 Å². The Hall–Kier alpha value is -1.65. The van der Waals surface area contributed by atoms with Gasteiger partial charge >= 0.3 is 5.97 Å². The summed E-state index contributed by atoms with van der Waals surface area (Å²) in [5, 5.41) is 8.62. The van der Waals surface area contributed by atoms with Crippen molar-refractivity contribution in [3.8, 4) is 0 Å². The number of hydrogen-bond acceptors (Lipinski definition) is 3. The van der Waals surface area contributed by atoms with Crippen LogP contribution in [0, 0.1) is 5.92 Å². The third-order valence-electron chi connectivity index (χ3n) is 2.32. The highest BCUT2D eigenvalue weighted by Crippen LogP contribution is 2.06. The normalized spacial score (nSPS) is 12.4. The first-order valence-corrected chi connectivity index (χ1v) is 4.86. The second-order valence-electron chi connectivity index (χ2n) is 3.60. The van der Waals surface area contributed by atoms with Crippen LogP contribution in [-0.4, -0.2) is 21.0 Å². The van der Waals surface area contributed by atoms with Crippen molar-refractivity contribution in [3.63, 3.8) is 0 Å². The zero-order valence-electron chi connectivity index (χ0n) is 8.78. The van der Waals surface area contributed by atoms with Crippen LogP contribution in [0.3, 0.4) is 0 Å². The Morgan fingerprint density at radius 2 is 2.33 bits per heavy atom. The minimum Gasteiger partial charge on any atom is -0.477 e. The fraction of sp³-hybridized carbons (Fsp3) is 0.500. The molecule has 0 bridgehead atoms. The molecule has 0 aliphatic heterocycles. The van der Waals surface area contributed by atoms with Crippen molar-refractivity contribution in [2.45, 2.75) is 26.7 Å². The van der Waals surface area contributed by atoms with Gasteiger partial charge in [0.25, 0.3) is 5.56 Å². The van der Waals surface area contributed by atoms with Crippen molar-refractivity contribution >= 4 is 5.97 Å². The van der Waals surface area contributed by atoms with Gasteiger partial charge in [0.1, 0.15) is 11.4 Å². The van der Waals surface area contributed by atoms with Gasteiger partial charge in [0.05, 0.1) is 0 Å². The van der Waals surface area contributed by atoms with Crippen molar-refractivity contribution in [1.82, 2.24) is 9.97 Å². The van der Waals surface area contributed by atoms with Crippen LogP contribution >= 0.6 is 0 Å². The maximum Gasteiger partial charge on any atom is 0.342 e. The number of nitrogens with one attached hydrogen (secondary N) is 1. The van der Waals surface area contributed by atoms with Crippen molar-refractivity contribution < 1.29 is 9.90 Å². The van der Waals surface area contributed by atoms with Gasteiger partial charge in [0, 0.05) is 12.6 Å². The van der Waals surface area contributed by atoms with Gasteiger partial charge in [-0.15, -0.1) is 0 Å². The van der Waals surface area contributed by atoms with Crippen molar-refractivity contribution in [1.29, 1.82) is 0 Å². The van der Waals surface area contributed by atoms with Crippen molar-refractivity contribution in [2.24, 2.45) is 5.92 Å². The molecule has 5 nitrogen and oxygen atoms in total. The van der Waals surface area contributed by atoms with E-state index in [1.165, 1.54) is 0 Å². The minimum absolute atomic E-state index is 0.317. The lowest BCUT2D eigenvalue weighted by molar-refractivity contribution is 0.0694. The number of rotatable bonds is 4. The van der Waals surface area contributed by atoms with E-state index in [1.54, 1.807) is 0 Å². The van der Waals surface area contributed by atoms with Crippen LogP contribution in [0.1, 0.15) is 36.5 Å². The molecule has 1 atom stereocenters. The summed E-state index contributed by atoms with van der Waals surface area (Å²) in [5.74, 6) is -0.290. The fourth-order valence-corrected chi connectivity index (χ4v) is 1.16. The number of nitrogens with zero attached hydrogens (tertiary/aromatic N) is 1. The lowest BCUT2D eigenvalue weighted by Gasteiger charge is -2.06. The van der Waals surface area contributed by atoms with Crippen LogP contribution in [0.15, 0.2) is 11.0 Å². The van der Waals surface area contributed by atoms with E-state index in [1.807, 2.05) is 13.8 Å². The SMILES string of the molecule is CCC(C)Cc1ncc(C(=O)O)c(=O)[nH]1. The summed E-state index contributed by atoms with van der Waals surface area (Å²) in [6, 6.07) is 0. The summed E-state index contributed by atoms with van der Waals surface area (Å²) >= 11 is 0. The van der Waals surface area contributed by atoms with Crippen LogP contribution in [0.2, 0.25) is 0 Å². The molecule has 82 valence electrons. The fourth-order valence-electron chi connectivity index (χ4n) is 1.16. The Bertz CT molecular complexity index is 411. The molecule has 0 fully saturated rings. The van der Waals surface area contributed by atoms with E-state index in [-0.39, 0.29) is 5.56 Å². The monoisotopic (exact) mass is 210 g/mol. The predicted molar refractivity (Wildman–Crippen MR) is 55.0 cm³/mol. The van der Waals surface area contributed by atoms with Gasteiger partial charge in [-0.25, -0.2) is 9.78 Å². The number of carboxylic acid groups (broad SMARTS) is 1. The van der Waals surface area contributed by atoms with E-state index >= 15 is 0 Å². The van der Waals surface area contributed by atoms with Gasteiger partial charge in [0.15, 0.2) is 0 Å². The van der Waals surface area contributed by atoms with Crippen LogP contribution < -0.4 is 5.56 Å². The third kappa shape index (κ3) is 2.90. The average Bonchev–Trinajstić information content (AvgIpc) is 2.17. The Morgan fingerprint density at radius 1 is 1.67 bits per heavy atom. The molecule has 1 aromatic rings. The van der Waals surface area contributed by atoms with E-state index in [9.17, 15) is 9.59 Å². The van der Waals surface area contributed by atoms with Crippen LogP contribution in [0.25, 0.3) is 0 Å².